The number of hydrazone groups is 1. The smallest absolute Gasteiger partial charge is 0.224 e. The molecule has 0 saturated heterocycles. The minimum atomic E-state index is 0.392. The van der Waals surface area contributed by atoms with Crippen LogP contribution in [0.4, 0.5) is 5.95 Å². The van der Waals surface area contributed by atoms with Crippen LogP contribution in [0.3, 0.4) is 0 Å². The predicted octanol–water partition coefficient (Wildman–Crippen LogP) is 5.73. The van der Waals surface area contributed by atoms with Crippen molar-refractivity contribution < 1.29 is 4.74 Å². The van der Waals surface area contributed by atoms with Crippen LogP contribution >= 0.6 is 11.6 Å². The van der Waals surface area contributed by atoms with Gasteiger partial charge in [-0.2, -0.15) is 5.10 Å². The summed E-state index contributed by atoms with van der Waals surface area (Å²) in [6, 6.07) is 23.5. The van der Waals surface area contributed by atoms with Crippen molar-refractivity contribution in [1.29, 1.82) is 0 Å². The van der Waals surface area contributed by atoms with Crippen LogP contribution in [-0.4, -0.2) is 15.8 Å². The van der Waals surface area contributed by atoms with Gasteiger partial charge in [-0.25, -0.2) is 10.4 Å². The molecule has 5 nitrogen and oxygen atoms in total. The molecule has 0 aliphatic carbocycles. The number of hydrogen-bond donors (Lipinski definition) is 1. The van der Waals surface area contributed by atoms with Crippen molar-refractivity contribution in [3.8, 4) is 5.75 Å². The van der Waals surface area contributed by atoms with Gasteiger partial charge in [0.2, 0.25) is 5.95 Å². The molecule has 3 aromatic carbocycles. The number of para-hydroxylation sites is 3. The Bertz CT molecular complexity index is 1150. The summed E-state index contributed by atoms with van der Waals surface area (Å²) in [5, 5.41) is 5.08. The fourth-order valence-electron chi connectivity index (χ4n) is 3.13. The second-order valence-electron chi connectivity index (χ2n) is 6.46. The van der Waals surface area contributed by atoms with Crippen molar-refractivity contribution in [2.24, 2.45) is 5.10 Å². The monoisotopic (exact) mass is 404 g/mol. The molecule has 1 N–H and O–H groups in total. The maximum atomic E-state index is 6.22. The van der Waals surface area contributed by atoms with Gasteiger partial charge in [0, 0.05) is 22.7 Å². The Kier molecular flexibility index (Phi) is 5.77. The number of halogens is 1. The van der Waals surface area contributed by atoms with Crippen LogP contribution in [0.1, 0.15) is 18.1 Å². The van der Waals surface area contributed by atoms with Gasteiger partial charge in [0.25, 0.3) is 0 Å². The fourth-order valence-corrected chi connectivity index (χ4v) is 3.32. The Balaban J connectivity index is 1.50. The summed E-state index contributed by atoms with van der Waals surface area (Å²) in [5.74, 6) is 1.45. The third-order valence-electron chi connectivity index (χ3n) is 4.60. The first-order chi connectivity index (χ1) is 14.3. The lowest BCUT2D eigenvalue weighted by Crippen LogP contribution is -2.03. The van der Waals surface area contributed by atoms with Gasteiger partial charge >= 0.3 is 0 Å². The van der Waals surface area contributed by atoms with Gasteiger partial charge in [-0.15, -0.1) is 0 Å². The topological polar surface area (TPSA) is 51.4 Å². The first-order valence-electron chi connectivity index (χ1n) is 9.46. The molecule has 0 atom stereocenters. The van der Waals surface area contributed by atoms with Gasteiger partial charge in [-0.3, -0.25) is 0 Å². The van der Waals surface area contributed by atoms with E-state index >= 15 is 0 Å². The average Bonchev–Trinajstić information content (AvgIpc) is 3.11. The van der Waals surface area contributed by atoms with Crippen molar-refractivity contribution in [3.05, 3.63) is 88.9 Å². The Hall–Kier alpha value is -3.31. The molecule has 0 aliphatic rings. The maximum absolute atomic E-state index is 6.22. The van der Waals surface area contributed by atoms with E-state index in [0.29, 0.717) is 17.6 Å². The second-order valence-corrected chi connectivity index (χ2v) is 6.86. The number of hydrogen-bond acceptors (Lipinski definition) is 4. The number of aryl methyl sites for hydroxylation is 1. The molecule has 0 fully saturated rings. The molecular formula is C23H21ClN4O. The zero-order chi connectivity index (χ0) is 20.1. The number of benzene rings is 3. The molecule has 0 bridgehead atoms. The van der Waals surface area contributed by atoms with E-state index in [9.17, 15) is 0 Å². The SMILES string of the molecule is CCn1c(N/N=C\c2ccccc2OCc2ccccc2Cl)nc2ccccc21. The van der Waals surface area contributed by atoms with E-state index in [1.165, 1.54) is 0 Å². The number of imidazole rings is 1. The molecular weight excluding hydrogens is 384 g/mol. The van der Waals surface area contributed by atoms with Crippen LogP contribution in [0.15, 0.2) is 77.9 Å². The number of rotatable bonds is 7. The average molecular weight is 405 g/mol. The van der Waals surface area contributed by atoms with E-state index in [0.717, 1.165) is 34.5 Å². The lowest BCUT2D eigenvalue weighted by molar-refractivity contribution is 0.306. The predicted molar refractivity (Wildman–Crippen MR) is 119 cm³/mol. The number of anilines is 1. The summed E-state index contributed by atoms with van der Waals surface area (Å²) >= 11 is 6.22. The fraction of sp³-hybridized carbons (Fsp3) is 0.130. The van der Waals surface area contributed by atoms with Gasteiger partial charge < -0.3 is 9.30 Å². The highest BCUT2D eigenvalue weighted by Crippen LogP contribution is 2.22. The molecule has 29 heavy (non-hydrogen) atoms. The van der Waals surface area contributed by atoms with Gasteiger partial charge in [0.15, 0.2) is 0 Å². The molecule has 0 radical (unpaired) electrons. The Labute approximate surface area is 174 Å². The van der Waals surface area contributed by atoms with E-state index < -0.39 is 0 Å². The summed E-state index contributed by atoms with van der Waals surface area (Å²) < 4.78 is 8.07. The highest BCUT2D eigenvalue weighted by Gasteiger charge is 2.08. The molecule has 0 saturated carbocycles. The standard InChI is InChI=1S/C23H21ClN4O/c1-2-28-21-13-7-6-12-20(21)26-23(28)27-25-15-17-9-4-8-14-22(17)29-16-18-10-3-5-11-19(18)24/h3-15H,2,16H2,1H3,(H,26,27)/b25-15-. The second kappa shape index (κ2) is 8.80. The molecule has 0 unspecified atom stereocenters. The van der Waals surface area contributed by atoms with E-state index in [4.69, 9.17) is 16.3 Å². The van der Waals surface area contributed by atoms with Gasteiger partial charge in [-0.05, 0) is 37.3 Å². The lowest BCUT2D eigenvalue weighted by atomic mass is 10.2. The highest BCUT2D eigenvalue weighted by atomic mass is 35.5. The number of aromatic nitrogens is 2. The van der Waals surface area contributed by atoms with Crippen LogP contribution in [0, 0.1) is 0 Å². The molecule has 0 spiro atoms. The first kappa shape index (κ1) is 19.0. The van der Waals surface area contributed by atoms with E-state index in [1.54, 1.807) is 6.21 Å². The minimum absolute atomic E-state index is 0.392. The number of nitrogens with one attached hydrogen (secondary N) is 1. The summed E-state index contributed by atoms with van der Waals surface area (Å²) in [5.41, 5.74) is 6.88. The molecule has 0 amide bonds. The molecule has 1 heterocycles. The van der Waals surface area contributed by atoms with Crippen LogP contribution in [0.2, 0.25) is 5.02 Å². The first-order valence-corrected chi connectivity index (χ1v) is 9.83. The van der Waals surface area contributed by atoms with Crippen molar-refractivity contribution in [1.82, 2.24) is 9.55 Å². The maximum Gasteiger partial charge on any atom is 0.224 e. The summed E-state index contributed by atoms with van der Waals surface area (Å²) in [6.07, 6.45) is 1.74. The van der Waals surface area contributed by atoms with Crippen molar-refractivity contribution >= 4 is 34.8 Å². The third-order valence-corrected chi connectivity index (χ3v) is 4.97. The molecule has 146 valence electrons. The highest BCUT2D eigenvalue weighted by molar-refractivity contribution is 6.31. The van der Waals surface area contributed by atoms with Gasteiger partial charge in [0.1, 0.15) is 12.4 Å². The Morgan fingerprint density at radius 3 is 2.66 bits per heavy atom. The molecule has 4 aromatic rings. The summed E-state index contributed by atoms with van der Waals surface area (Å²) in [6.45, 7) is 3.28. The largest absolute Gasteiger partial charge is 0.488 e. The van der Waals surface area contributed by atoms with Crippen LogP contribution in [0.25, 0.3) is 11.0 Å². The normalized spacial score (nSPS) is 11.2. The zero-order valence-corrected chi connectivity index (χ0v) is 16.8. The van der Waals surface area contributed by atoms with Crippen molar-refractivity contribution in [2.75, 3.05) is 5.43 Å². The molecule has 6 heteroatoms. The number of fused-ring (bicyclic) bond motifs is 1. The van der Waals surface area contributed by atoms with E-state index in [1.807, 2.05) is 66.7 Å². The summed E-state index contributed by atoms with van der Waals surface area (Å²) in [4.78, 5) is 4.62. The summed E-state index contributed by atoms with van der Waals surface area (Å²) in [7, 11) is 0. The van der Waals surface area contributed by atoms with Gasteiger partial charge in [-0.1, -0.05) is 54.1 Å². The Morgan fingerprint density at radius 1 is 1.03 bits per heavy atom. The third kappa shape index (κ3) is 4.25. The Morgan fingerprint density at radius 2 is 1.79 bits per heavy atom. The number of nitrogens with zero attached hydrogens (tertiary/aromatic N) is 3. The van der Waals surface area contributed by atoms with E-state index in [2.05, 4.69) is 33.1 Å². The van der Waals surface area contributed by atoms with Crippen LogP contribution < -0.4 is 10.2 Å². The van der Waals surface area contributed by atoms with Crippen molar-refractivity contribution in [3.63, 3.8) is 0 Å². The quantitative estimate of drug-likeness (QED) is 0.316. The van der Waals surface area contributed by atoms with Crippen LogP contribution in [-0.2, 0) is 13.2 Å². The lowest BCUT2D eigenvalue weighted by Gasteiger charge is -2.10. The zero-order valence-electron chi connectivity index (χ0n) is 16.0. The van der Waals surface area contributed by atoms with Crippen molar-refractivity contribution in [2.45, 2.75) is 20.1 Å². The number of ether oxygens (including phenoxy) is 1. The molecule has 1 aromatic heterocycles. The van der Waals surface area contributed by atoms with E-state index in [-0.39, 0.29) is 0 Å². The van der Waals surface area contributed by atoms with Gasteiger partial charge in [0.05, 0.1) is 17.2 Å². The van der Waals surface area contributed by atoms with Crippen LogP contribution in [0.5, 0.6) is 5.75 Å². The minimum Gasteiger partial charge on any atom is -0.488 e. The molecule has 4 rings (SSSR count). The molecule has 0 aliphatic heterocycles.